The van der Waals surface area contributed by atoms with Crippen molar-refractivity contribution in [1.29, 1.82) is 0 Å². The fourth-order valence-electron chi connectivity index (χ4n) is 1.78. The number of aryl methyl sites for hydroxylation is 2. The summed E-state index contributed by atoms with van der Waals surface area (Å²) in [5.41, 5.74) is 1.99. The predicted octanol–water partition coefficient (Wildman–Crippen LogP) is 2.34. The molecule has 0 saturated heterocycles. The summed E-state index contributed by atoms with van der Waals surface area (Å²) < 4.78 is 0. The number of carbonyl (C=O) groups is 1. The molecule has 0 bridgehead atoms. The van der Waals surface area contributed by atoms with Crippen LogP contribution >= 0.6 is 0 Å². The molecule has 1 heterocycles. The van der Waals surface area contributed by atoms with Gasteiger partial charge in [-0.15, -0.1) is 5.10 Å². The van der Waals surface area contributed by atoms with E-state index in [0.717, 1.165) is 29.9 Å². The summed E-state index contributed by atoms with van der Waals surface area (Å²) in [5.74, 6) is 0.761. The number of nitrogens with one attached hydrogen (secondary N) is 1. The van der Waals surface area contributed by atoms with Crippen LogP contribution in [0.5, 0.6) is 0 Å². The van der Waals surface area contributed by atoms with E-state index in [1.165, 1.54) is 0 Å². The average molecular weight is 258 g/mol. The smallest absolute Gasteiger partial charge is 0.297 e. The Morgan fingerprint density at radius 1 is 1.32 bits per heavy atom. The lowest BCUT2D eigenvalue weighted by Gasteiger charge is -2.15. The Morgan fingerprint density at radius 2 is 2.00 bits per heavy atom. The minimum atomic E-state index is -0.206. The van der Waals surface area contributed by atoms with E-state index < -0.39 is 0 Å². The molecular weight excluding hydrogens is 240 g/mol. The minimum absolute atomic E-state index is 0.206. The van der Waals surface area contributed by atoms with Gasteiger partial charge in [-0.2, -0.15) is 0 Å². The molecule has 1 aromatic heterocycles. The molecule has 0 atom stereocenters. The van der Waals surface area contributed by atoms with Gasteiger partial charge < -0.3 is 4.90 Å². The summed E-state index contributed by atoms with van der Waals surface area (Å²) in [6.07, 6.45) is 1.77. The van der Waals surface area contributed by atoms with Gasteiger partial charge in [-0.1, -0.05) is 24.6 Å². The molecule has 5 nitrogen and oxygen atoms in total. The maximum atomic E-state index is 12.2. The van der Waals surface area contributed by atoms with Crippen molar-refractivity contribution in [2.75, 3.05) is 11.9 Å². The topological polar surface area (TPSA) is 61.9 Å². The number of amides is 1. The van der Waals surface area contributed by atoms with E-state index >= 15 is 0 Å². The fraction of sp³-hybridized carbons (Fsp3) is 0.357. The normalized spacial score (nSPS) is 10.5. The van der Waals surface area contributed by atoms with Gasteiger partial charge in [-0.3, -0.25) is 9.89 Å². The number of hydrogen-bond donors (Lipinski definition) is 1. The Morgan fingerprint density at radius 3 is 2.63 bits per heavy atom. The van der Waals surface area contributed by atoms with Gasteiger partial charge in [0.25, 0.3) is 5.91 Å². The lowest BCUT2D eigenvalue weighted by Crippen LogP contribution is -2.27. The molecule has 0 aliphatic rings. The molecule has 0 aliphatic heterocycles. The van der Waals surface area contributed by atoms with Crippen molar-refractivity contribution in [3.8, 4) is 0 Å². The number of rotatable bonds is 4. The van der Waals surface area contributed by atoms with Crippen molar-refractivity contribution < 1.29 is 4.79 Å². The molecule has 1 aromatic carbocycles. The van der Waals surface area contributed by atoms with E-state index in [-0.39, 0.29) is 11.7 Å². The molecule has 19 heavy (non-hydrogen) atoms. The Hall–Kier alpha value is -2.17. The van der Waals surface area contributed by atoms with E-state index in [2.05, 4.69) is 22.1 Å². The molecule has 0 aliphatic carbocycles. The van der Waals surface area contributed by atoms with E-state index in [9.17, 15) is 4.79 Å². The van der Waals surface area contributed by atoms with Crippen LogP contribution < -0.4 is 4.90 Å². The van der Waals surface area contributed by atoms with E-state index in [1.54, 1.807) is 11.9 Å². The molecule has 2 rings (SSSR count). The maximum absolute atomic E-state index is 12.2. The number of H-pyrrole nitrogens is 1. The molecule has 1 amide bonds. The Bertz CT molecular complexity index is 559. The Balaban J connectivity index is 2.15. The van der Waals surface area contributed by atoms with Crippen LogP contribution in [0.15, 0.2) is 24.3 Å². The number of carbonyl (C=O) groups excluding carboxylic acids is 1. The van der Waals surface area contributed by atoms with Crippen LogP contribution in [-0.2, 0) is 6.42 Å². The summed E-state index contributed by atoms with van der Waals surface area (Å²) in [6, 6.07) is 7.76. The van der Waals surface area contributed by atoms with Gasteiger partial charge in [0.1, 0.15) is 5.82 Å². The first-order valence-corrected chi connectivity index (χ1v) is 6.38. The third kappa shape index (κ3) is 2.99. The third-order valence-corrected chi connectivity index (χ3v) is 2.94. The first kappa shape index (κ1) is 13.3. The zero-order valence-corrected chi connectivity index (χ0v) is 11.5. The van der Waals surface area contributed by atoms with Crippen LogP contribution in [0.4, 0.5) is 5.69 Å². The quantitative estimate of drug-likeness (QED) is 0.915. The summed E-state index contributed by atoms with van der Waals surface area (Å²) in [6.45, 7) is 4.07. The van der Waals surface area contributed by atoms with Gasteiger partial charge in [0.15, 0.2) is 0 Å². The predicted molar refractivity (Wildman–Crippen MR) is 74.3 cm³/mol. The largest absolute Gasteiger partial charge is 0.309 e. The number of hydrogen-bond acceptors (Lipinski definition) is 3. The lowest BCUT2D eigenvalue weighted by molar-refractivity contribution is 0.0983. The van der Waals surface area contributed by atoms with Gasteiger partial charge in [-0.25, -0.2) is 4.98 Å². The maximum Gasteiger partial charge on any atom is 0.297 e. The highest BCUT2D eigenvalue weighted by molar-refractivity contribution is 6.03. The van der Waals surface area contributed by atoms with E-state index in [1.807, 2.05) is 31.2 Å². The van der Waals surface area contributed by atoms with Crippen LogP contribution in [-0.4, -0.2) is 28.1 Å². The number of aromatic nitrogens is 3. The molecule has 0 fully saturated rings. The van der Waals surface area contributed by atoms with Crippen molar-refractivity contribution in [2.45, 2.75) is 26.7 Å². The Kier molecular flexibility index (Phi) is 3.94. The third-order valence-electron chi connectivity index (χ3n) is 2.94. The molecule has 0 unspecified atom stereocenters. The molecule has 100 valence electrons. The van der Waals surface area contributed by atoms with Crippen LogP contribution in [0.25, 0.3) is 0 Å². The highest BCUT2D eigenvalue weighted by atomic mass is 16.2. The highest BCUT2D eigenvalue weighted by Crippen LogP contribution is 2.15. The first-order chi connectivity index (χ1) is 9.11. The zero-order chi connectivity index (χ0) is 13.8. The Labute approximate surface area is 112 Å². The van der Waals surface area contributed by atoms with Crippen molar-refractivity contribution in [3.05, 3.63) is 41.5 Å². The van der Waals surface area contributed by atoms with Crippen molar-refractivity contribution in [2.24, 2.45) is 0 Å². The second-order valence-corrected chi connectivity index (χ2v) is 4.56. The fourth-order valence-corrected chi connectivity index (χ4v) is 1.78. The number of aromatic amines is 1. The van der Waals surface area contributed by atoms with Crippen LogP contribution in [0.2, 0.25) is 0 Å². The van der Waals surface area contributed by atoms with Gasteiger partial charge >= 0.3 is 0 Å². The summed E-state index contributed by atoms with van der Waals surface area (Å²) in [7, 11) is 1.73. The van der Waals surface area contributed by atoms with Crippen molar-refractivity contribution >= 4 is 11.6 Å². The van der Waals surface area contributed by atoms with Gasteiger partial charge in [0, 0.05) is 19.2 Å². The van der Waals surface area contributed by atoms with Crippen LogP contribution in [0, 0.1) is 6.92 Å². The number of anilines is 1. The molecule has 0 spiro atoms. The lowest BCUT2D eigenvalue weighted by atomic mass is 10.2. The van der Waals surface area contributed by atoms with Gasteiger partial charge in [-0.05, 0) is 25.5 Å². The monoisotopic (exact) mass is 258 g/mol. The molecule has 5 heteroatoms. The molecule has 0 saturated carbocycles. The second kappa shape index (κ2) is 5.65. The minimum Gasteiger partial charge on any atom is -0.309 e. The van der Waals surface area contributed by atoms with Crippen molar-refractivity contribution in [3.63, 3.8) is 0 Å². The van der Waals surface area contributed by atoms with E-state index in [0.29, 0.717) is 0 Å². The highest BCUT2D eigenvalue weighted by Gasteiger charge is 2.18. The van der Waals surface area contributed by atoms with Crippen LogP contribution in [0.3, 0.4) is 0 Å². The molecule has 1 N–H and O–H groups in total. The SMILES string of the molecule is CCCc1nc(C(=O)N(C)c2ccc(C)cc2)n[nH]1. The summed E-state index contributed by atoms with van der Waals surface area (Å²) >= 11 is 0. The summed E-state index contributed by atoms with van der Waals surface area (Å²) in [5, 5.41) is 6.77. The van der Waals surface area contributed by atoms with Gasteiger partial charge in [0.2, 0.25) is 5.82 Å². The second-order valence-electron chi connectivity index (χ2n) is 4.56. The molecule has 0 radical (unpaired) electrons. The van der Waals surface area contributed by atoms with Gasteiger partial charge in [0.05, 0.1) is 0 Å². The van der Waals surface area contributed by atoms with Crippen molar-refractivity contribution in [1.82, 2.24) is 15.2 Å². The van der Waals surface area contributed by atoms with E-state index in [4.69, 9.17) is 0 Å². The van der Waals surface area contributed by atoms with Crippen LogP contribution in [0.1, 0.15) is 35.4 Å². The molecular formula is C14H18N4O. The first-order valence-electron chi connectivity index (χ1n) is 6.38. The standard InChI is InChI=1S/C14H18N4O/c1-4-5-12-15-13(17-16-12)14(19)18(3)11-8-6-10(2)7-9-11/h6-9H,4-5H2,1-3H3,(H,15,16,17). The zero-order valence-electron chi connectivity index (χ0n) is 11.5. The number of benzene rings is 1. The average Bonchev–Trinajstić information content (AvgIpc) is 2.87. The summed E-state index contributed by atoms with van der Waals surface area (Å²) in [4.78, 5) is 18.0. The molecule has 2 aromatic rings. The number of nitrogens with zero attached hydrogens (tertiary/aromatic N) is 3.